The Balaban J connectivity index is 2.32. The molecule has 0 bridgehead atoms. The van der Waals surface area contributed by atoms with E-state index in [1.54, 1.807) is 6.92 Å². The van der Waals surface area contributed by atoms with Crippen LogP contribution in [-0.4, -0.2) is 61.7 Å². The van der Waals surface area contributed by atoms with Crippen molar-refractivity contribution in [2.45, 2.75) is 37.4 Å². The summed E-state index contributed by atoms with van der Waals surface area (Å²) in [6.45, 7) is 1.41. The molecule has 10 nitrogen and oxygen atoms in total. The molecule has 2 heterocycles. The van der Waals surface area contributed by atoms with Gasteiger partial charge in [0, 0.05) is 12.7 Å². The first-order valence-electron chi connectivity index (χ1n) is 7.11. The molecule has 4 atom stereocenters. The zero-order valence-corrected chi connectivity index (χ0v) is 12.5. The van der Waals surface area contributed by atoms with E-state index in [4.69, 9.17) is 10.5 Å². The zero-order chi connectivity index (χ0) is 17.2. The molecule has 0 saturated carbocycles. The number of nitrogens with two attached hydrogens (primary N) is 1. The molecule has 1 fully saturated rings. The van der Waals surface area contributed by atoms with E-state index in [0.717, 1.165) is 4.57 Å². The van der Waals surface area contributed by atoms with Crippen molar-refractivity contribution in [3.8, 4) is 0 Å². The number of carbonyl (C=O) groups excluding carboxylic acids is 1. The number of carbonyl (C=O) groups is 1. The summed E-state index contributed by atoms with van der Waals surface area (Å²) in [5, 5.41) is 32.9. The predicted molar refractivity (Wildman–Crippen MR) is 78.2 cm³/mol. The van der Waals surface area contributed by atoms with Crippen molar-refractivity contribution in [2.75, 3.05) is 18.9 Å². The lowest BCUT2D eigenvalue weighted by atomic mass is 9.88. The highest BCUT2D eigenvalue weighted by Crippen LogP contribution is 2.38. The van der Waals surface area contributed by atoms with Crippen LogP contribution < -0.4 is 16.7 Å². The number of amides is 1. The topological polar surface area (TPSA) is 160 Å². The third-order valence-corrected chi connectivity index (χ3v) is 3.75. The van der Waals surface area contributed by atoms with Crippen molar-refractivity contribution in [3.63, 3.8) is 0 Å². The Morgan fingerprint density at radius 2 is 2.30 bits per heavy atom. The number of aliphatic hydroxyl groups excluding tert-OH is 2. The van der Waals surface area contributed by atoms with Gasteiger partial charge in [-0.2, -0.15) is 4.98 Å². The number of hydrogen-bond donors (Lipinski definition) is 5. The van der Waals surface area contributed by atoms with Crippen LogP contribution >= 0.6 is 0 Å². The predicted octanol–water partition coefficient (Wildman–Crippen LogP) is -2.67. The second-order valence-electron chi connectivity index (χ2n) is 5.31. The van der Waals surface area contributed by atoms with Gasteiger partial charge in [0.1, 0.15) is 23.6 Å². The summed E-state index contributed by atoms with van der Waals surface area (Å²) < 4.78 is 6.32. The minimum absolute atomic E-state index is 0.00460. The average molecular weight is 328 g/mol. The smallest absolute Gasteiger partial charge is 0.351 e. The Labute approximate surface area is 131 Å². The quantitative estimate of drug-likeness (QED) is 0.391. The van der Waals surface area contributed by atoms with Gasteiger partial charge < -0.3 is 31.1 Å². The summed E-state index contributed by atoms with van der Waals surface area (Å²) in [5.41, 5.74) is 2.57. The molecule has 0 spiro atoms. The van der Waals surface area contributed by atoms with Crippen LogP contribution in [0.4, 0.5) is 5.82 Å². The Morgan fingerprint density at radius 1 is 1.61 bits per heavy atom. The number of aliphatic hydroxyl groups is 3. The molecule has 2 rings (SSSR count). The maximum absolute atomic E-state index is 11.9. The lowest BCUT2D eigenvalue weighted by Gasteiger charge is -2.29. The number of rotatable bonds is 5. The maximum atomic E-state index is 11.9. The highest BCUT2D eigenvalue weighted by Gasteiger charge is 2.56. The molecule has 1 saturated heterocycles. The van der Waals surface area contributed by atoms with Crippen LogP contribution in [0.25, 0.3) is 0 Å². The largest absolute Gasteiger partial charge is 0.394 e. The molecular weight excluding hydrogens is 308 g/mol. The van der Waals surface area contributed by atoms with Gasteiger partial charge in [0.15, 0.2) is 6.23 Å². The van der Waals surface area contributed by atoms with E-state index >= 15 is 0 Å². The third-order valence-electron chi connectivity index (χ3n) is 3.75. The molecule has 0 unspecified atom stereocenters. The van der Waals surface area contributed by atoms with E-state index in [1.165, 1.54) is 12.3 Å². The molecule has 23 heavy (non-hydrogen) atoms. The van der Waals surface area contributed by atoms with E-state index in [-0.39, 0.29) is 5.82 Å². The van der Waals surface area contributed by atoms with Gasteiger partial charge in [0.25, 0.3) is 0 Å². The van der Waals surface area contributed by atoms with Crippen molar-refractivity contribution in [1.82, 2.24) is 14.9 Å². The molecule has 6 N–H and O–H groups in total. The van der Waals surface area contributed by atoms with Gasteiger partial charge in [0.05, 0.1) is 13.0 Å². The SMILES string of the molecule is CCNC(=O)C[C@@]1(O)[C@@H](CO)O[C@@H](n2ccc(N)nc2=O)[C@@H]1O. The van der Waals surface area contributed by atoms with E-state index < -0.39 is 48.7 Å². The van der Waals surface area contributed by atoms with Crippen LogP contribution in [0, 0.1) is 0 Å². The monoisotopic (exact) mass is 328 g/mol. The minimum atomic E-state index is -2.04. The average Bonchev–Trinajstić information content (AvgIpc) is 2.71. The zero-order valence-electron chi connectivity index (χ0n) is 12.5. The summed E-state index contributed by atoms with van der Waals surface area (Å²) in [4.78, 5) is 27.1. The van der Waals surface area contributed by atoms with Crippen LogP contribution in [0.2, 0.25) is 0 Å². The van der Waals surface area contributed by atoms with Crippen molar-refractivity contribution in [1.29, 1.82) is 0 Å². The summed E-state index contributed by atoms with van der Waals surface area (Å²) in [6, 6.07) is 1.33. The van der Waals surface area contributed by atoms with Crippen LogP contribution in [-0.2, 0) is 9.53 Å². The molecule has 1 aliphatic heterocycles. The molecule has 1 aliphatic rings. The van der Waals surface area contributed by atoms with Crippen molar-refractivity contribution in [3.05, 3.63) is 22.7 Å². The van der Waals surface area contributed by atoms with Gasteiger partial charge >= 0.3 is 5.69 Å². The third kappa shape index (κ3) is 3.20. The van der Waals surface area contributed by atoms with E-state index in [1.807, 2.05) is 0 Å². The van der Waals surface area contributed by atoms with E-state index in [0.29, 0.717) is 6.54 Å². The molecule has 1 aromatic rings. The fourth-order valence-electron chi connectivity index (χ4n) is 2.57. The number of nitrogens with zero attached hydrogens (tertiary/aromatic N) is 2. The van der Waals surface area contributed by atoms with Crippen molar-refractivity contribution < 1.29 is 24.9 Å². The van der Waals surface area contributed by atoms with Gasteiger partial charge in [0.2, 0.25) is 5.91 Å². The van der Waals surface area contributed by atoms with Gasteiger partial charge in [-0.05, 0) is 13.0 Å². The van der Waals surface area contributed by atoms with Crippen molar-refractivity contribution >= 4 is 11.7 Å². The highest BCUT2D eigenvalue weighted by molar-refractivity contribution is 5.77. The standard InChI is InChI=1S/C13H20N4O6/c1-2-15-9(19)5-13(22)7(6-18)23-11(10(13)20)17-4-3-8(14)16-12(17)21/h3-4,7,10-11,18,20,22H,2,5-6H2,1H3,(H,15,19)(H2,14,16,21)/t7-,10+,11-,13-/m1/s1. The van der Waals surface area contributed by atoms with Crippen LogP contribution in [0.3, 0.4) is 0 Å². The van der Waals surface area contributed by atoms with Crippen LogP contribution in [0.1, 0.15) is 19.6 Å². The molecule has 10 heteroatoms. The first-order chi connectivity index (χ1) is 10.8. The number of hydrogen-bond acceptors (Lipinski definition) is 8. The molecule has 1 amide bonds. The van der Waals surface area contributed by atoms with Crippen molar-refractivity contribution in [2.24, 2.45) is 0 Å². The van der Waals surface area contributed by atoms with E-state index in [2.05, 4.69) is 10.3 Å². The Kier molecular flexibility index (Phi) is 5.00. The molecule has 128 valence electrons. The molecule has 0 radical (unpaired) electrons. The maximum Gasteiger partial charge on any atom is 0.351 e. The fraction of sp³-hybridized carbons (Fsp3) is 0.615. The van der Waals surface area contributed by atoms with Gasteiger partial charge in [-0.1, -0.05) is 0 Å². The lowest BCUT2D eigenvalue weighted by Crippen LogP contribution is -2.52. The second kappa shape index (κ2) is 6.62. The van der Waals surface area contributed by atoms with Crippen LogP contribution in [0.15, 0.2) is 17.1 Å². The number of nitrogens with one attached hydrogen (secondary N) is 1. The molecular formula is C13H20N4O6. The number of ether oxygens (including phenoxy) is 1. The van der Waals surface area contributed by atoms with E-state index in [9.17, 15) is 24.9 Å². The van der Waals surface area contributed by atoms with Crippen LogP contribution in [0.5, 0.6) is 0 Å². The molecule has 1 aromatic heterocycles. The minimum Gasteiger partial charge on any atom is -0.394 e. The highest BCUT2D eigenvalue weighted by atomic mass is 16.6. The first kappa shape index (κ1) is 17.3. The number of anilines is 1. The summed E-state index contributed by atoms with van der Waals surface area (Å²) in [5.74, 6) is -0.519. The lowest BCUT2D eigenvalue weighted by molar-refractivity contribution is -0.137. The molecule has 0 aliphatic carbocycles. The summed E-state index contributed by atoms with van der Waals surface area (Å²) in [7, 11) is 0. The first-order valence-corrected chi connectivity index (χ1v) is 7.11. The van der Waals surface area contributed by atoms with Gasteiger partial charge in [-0.25, -0.2) is 4.79 Å². The molecule has 0 aromatic carbocycles. The Hall–Kier alpha value is -2.01. The number of nitrogen functional groups attached to an aromatic ring is 1. The normalized spacial score (nSPS) is 30.3. The summed E-state index contributed by atoms with van der Waals surface area (Å²) in [6.07, 6.45) is -3.39. The second-order valence-corrected chi connectivity index (χ2v) is 5.31. The number of aromatic nitrogens is 2. The Bertz CT molecular complexity index is 635. The summed E-state index contributed by atoms with van der Waals surface area (Å²) >= 11 is 0. The van der Waals surface area contributed by atoms with Gasteiger partial charge in [-0.15, -0.1) is 0 Å². The Morgan fingerprint density at radius 3 is 2.87 bits per heavy atom. The van der Waals surface area contributed by atoms with Gasteiger partial charge in [-0.3, -0.25) is 9.36 Å². The fourth-order valence-corrected chi connectivity index (χ4v) is 2.57.